The number of ether oxygens (including phenoxy) is 1. The minimum Gasteiger partial charge on any atom is -0.410 e. The van der Waals surface area contributed by atoms with Crippen LogP contribution >= 0.6 is 23.2 Å². The van der Waals surface area contributed by atoms with Crippen LogP contribution in [0.1, 0.15) is 15.9 Å². The van der Waals surface area contributed by atoms with Crippen molar-refractivity contribution in [1.29, 1.82) is 0 Å². The molecule has 0 atom stereocenters. The molecule has 5 rings (SSSR count). The summed E-state index contributed by atoms with van der Waals surface area (Å²) in [5.41, 5.74) is 5.89. The topological polar surface area (TPSA) is 95.6 Å². The van der Waals surface area contributed by atoms with Gasteiger partial charge in [0.25, 0.3) is 5.91 Å². The van der Waals surface area contributed by atoms with E-state index in [9.17, 15) is 9.59 Å². The number of hydrogen-bond acceptors (Lipinski definition) is 6. The third-order valence-corrected chi connectivity index (χ3v) is 7.39. The maximum atomic E-state index is 12.8. The van der Waals surface area contributed by atoms with Crippen LogP contribution in [0.15, 0.2) is 84.9 Å². The Morgan fingerprint density at radius 1 is 0.884 bits per heavy atom. The lowest BCUT2D eigenvalue weighted by atomic mass is 10.0. The number of benzene rings is 4. The number of anilines is 4. The largest absolute Gasteiger partial charge is 0.417 e. The third kappa shape index (κ3) is 6.77. The number of hydrogen-bond donors (Lipinski definition) is 3. The van der Waals surface area contributed by atoms with Gasteiger partial charge in [-0.05, 0) is 61.0 Å². The quantitative estimate of drug-likeness (QED) is 0.110. The molecule has 0 aliphatic carbocycles. The zero-order chi connectivity index (χ0) is 30.3. The van der Waals surface area contributed by atoms with E-state index in [1.54, 1.807) is 25.2 Å². The third-order valence-electron chi connectivity index (χ3n) is 7.05. The molecule has 220 valence electrons. The van der Waals surface area contributed by atoms with E-state index in [0.717, 1.165) is 38.9 Å². The van der Waals surface area contributed by atoms with E-state index in [4.69, 9.17) is 32.9 Å². The number of carbonyl (C=O) groups excluding carboxylic acids is 2. The Kier molecular flexibility index (Phi) is 9.49. The number of nitrogens with one attached hydrogen (secondary N) is 3. The Morgan fingerprint density at radius 3 is 2.33 bits per heavy atom. The number of nitrogens with zero attached hydrogens (tertiary/aromatic N) is 2. The van der Waals surface area contributed by atoms with Gasteiger partial charge in [0.1, 0.15) is 5.75 Å². The number of aromatic nitrogens is 1. The van der Waals surface area contributed by atoms with Crippen molar-refractivity contribution in [3.8, 4) is 5.75 Å². The average Bonchev–Trinajstić information content (AvgIpc) is 3.02. The number of para-hydroxylation sites is 2. The Labute approximate surface area is 260 Å². The van der Waals surface area contributed by atoms with Crippen LogP contribution in [0.4, 0.5) is 27.5 Å². The van der Waals surface area contributed by atoms with Gasteiger partial charge in [-0.1, -0.05) is 36.4 Å². The molecule has 0 saturated carbocycles. The Hall–Kier alpha value is -4.53. The van der Waals surface area contributed by atoms with Crippen LogP contribution in [0.2, 0.25) is 0 Å². The second-order valence-corrected chi connectivity index (χ2v) is 10.6. The van der Waals surface area contributed by atoms with E-state index in [-0.39, 0.29) is 5.91 Å². The summed E-state index contributed by atoms with van der Waals surface area (Å²) < 4.78 is 5.54. The maximum absolute atomic E-state index is 12.8. The monoisotopic (exact) mass is 615 g/mol. The molecule has 0 unspecified atom stereocenters. The highest BCUT2D eigenvalue weighted by Gasteiger charge is 2.16. The highest BCUT2D eigenvalue weighted by Crippen LogP contribution is 2.36. The Balaban J connectivity index is 1.39. The minimum absolute atomic E-state index is 0.210. The molecule has 0 fully saturated rings. The molecule has 0 spiro atoms. The lowest BCUT2D eigenvalue weighted by Gasteiger charge is -2.22. The van der Waals surface area contributed by atoms with E-state index in [1.165, 1.54) is 0 Å². The molecule has 5 aromatic rings. The van der Waals surface area contributed by atoms with Crippen molar-refractivity contribution >= 4 is 79.8 Å². The van der Waals surface area contributed by atoms with Crippen LogP contribution in [-0.4, -0.2) is 48.9 Å². The SMILES string of the molecule is CNC(=O)c1cccc2c(Nc3cc(NC(=O)Oc4ccc(N(CCCl)CCCl)cc4)ccc3C)c3ccccc3nc12. The Morgan fingerprint density at radius 2 is 1.60 bits per heavy atom. The molecule has 0 aliphatic rings. The summed E-state index contributed by atoms with van der Waals surface area (Å²) in [5, 5.41) is 10.8. The molecule has 8 nitrogen and oxygen atoms in total. The van der Waals surface area contributed by atoms with E-state index in [0.29, 0.717) is 47.4 Å². The fourth-order valence-corrected chi connectivity index (χ4v) is 5.29. The molecule has 2 amide bonds. The first-order valence-electron chi connectivity index (χ1n) is 13.8. The van der Waals surface area contributed by atoms with E-state index < -0.39 is 6.09 Å². The number of halogens is 2. The molecule has 0 saturated heterocycles. The molecule has 10 heteroatoms. The summed E-state index contributed by atoms with van der Waals surface area (Å²) in [4.78, 5) is 32.3. The highest BCUT2D eigenvalue weighted by atomic mass is 35.5. The van der Waals surface area contributed by atoms with Gasteiger partial charge in [0, 0.05) is 59.7 Å². The van der Waals surface area contributed by atoms with Crippen LogP contribution in [0.25, 0.3) is 21.8 Å². The van der Waals surface area contributed by atoms with Gasteiger partial charge in [-0.15, -0.1) is 23.2 Å². The second kappa shape index (κ2) is 13.6. The normalized spacial score (nSPS) is 10.9. The van der Waals surface area contributed by atoms with Gasteiger partial charge in [-0.3, -0.25) is 10.1 Å². The maximum Gasteiger partial charge on any atom is 0.417 e. The number of alkyl halides is 2. The number of rotatable bonds is 10. The minimum atomic E-state index is -0.615. The first-order chi connectivity index (χ1) is 20.9. The van der Waals surface area contributed by atoms with Gasteiger partial charge in [0.15, 0.2) is 0 Å². The average molecular weight is 617 g/mol. The zero-order valence-corrected chi connectivity index (χ0v) is 25.3. The molecule has 4 aromatic carbocycles. The van der Waals surface area contributed by atoms with Crippen molar-refractivity contribution in [2.75, 3.05) is 47.4 Å². The predicted octanol–water partition coefficient (Wildman–Crippen LogP) is 7.69. The number of amides is 2. The number of fused-ring (bicyclic) bond motifs is 2. The smallest absolute Gasteiger partial charge is 0.410 e. The summed E-state index contributed by atoms with van der Waals surface area (Å²) in [6, 6.07) is 26.1. The van der Waals surface area contributed by atoms with Gasteiger partial charge in [-0.2, -0.15) is 0 Å². The van der Waals surface area contributed by atoms with Crippen LogP contribution in [0.3, 0.4) is 0 Å². The van der Waals surface area contributed by atoms with Gasteiger partial charge >= 0.3 is 6.09 Å². The highest BCUT2D eigenvalue weighted by molar-refractivity contribution is 6.18. The van der Waals surface area contributed by atoms with Crippen molar-refractivity contribution in [3.63, 3.8) is 0 Å². The van der Waals surface area contributed by atoms with Crippen LogP contribution in [0, 0.1) is 6.92 Å². The molecule has 0 bridgehead atoms. The van der Waals surface area contributed by atoms with Crippen molar-refractivity contribution in [3.05, 3.63) is 96.1 Å². The molecule has 0 radical (unpaired) electrons. The molecule has 1 aromatic heterocycles. The van der Waals surface area contributed by atoms with E-state index in [1.807, 2.05) is 73.7 Å². The lowest BCUT2D eigenvalue weighted by molar-refractivity contribution is 0.0964. The Bertz CT molecular complexity index is 1770. The summed E-state index contributed by atoms with van der Waals surface area (Å²) in [6.07, 6.45) is -0.615. The van der Waals surface area contributed by atoms with Crippen molar-refractivity contribution in [2.24, 2.45) is 0 Å². The van der Waals surface area contributed by atoms with Crippen molar-refractivity contribution < 1.29 is 14.3 Å². The van der Waals surface area contributed by atoms with E-state index >= 15 is 0 Å². The number of pyridine rings is 1. The predicted molar refractivity (Wildman–Crippen MR) is 177 cm³/mol. The van der Waals surface area contributed by atoms with Crippen molar-refractivity contribution in [1.82, 2.24) is 10.3 Å². The molecular weight excluding hydrogens is 585 g/mol. The van der Waals surface area contributed by atoms with Gasteiger partial charge in [0.05, 0.1) is 22.3 Å². The fourth-order valence-electron chi connectivity index (χ4n) is 4.88. The molecule has 3 N–H and O–H groups in total. The first-order valence-corrected chi connectivity index (χ1v) is 14.9. The molecular formula is C33H31Cl2N5O3. The van der Waals surface area contributed by atoms with Crippen LogP contribution in [-0.2, 0) is 0 Å². The standard InChI is InChI=1S/C33H31Cl2N5O3/c1-21-10-11-22(37-33(42)43-24-14-12-23(13-15-24)40(18-16-34)19-17-35)20-29(21)39-30-25-6-3-4-9-28(25)38-31-26(30)7-5-8-27(31)32(41)36-2/h3-15,20H,16-19H2,1-2H3,(H,36,41)(H,37,42)(H,38,39). The zero-order valence-electron chi connectivity index (χ0n) is 23.8. The fraction of sp³-hybridized carbons (Fsp3) is 0.182. The van der Waals surface area contributed by atoms with Crippen LogP contribution in [0.5, 0.6) is 5.75 Å². The number of carbonyl (C=O) groups is 2. The molecule has 43 heavy (non-hydrogen) atoms. The molecule has 1 heterocycles. The second-order valence-electron chi connectivity index (χ2n) is 9.81. The summed E-state index contributed by atoms with van der Waals surface area (Å²) in [7, 11) is 1.60. The van der Waals surface area contributed by atoms with E-state index in [2.05, 4.69) is 20.9 Å². The van der Waals surface area contributed by atoms with Gasteiger partial charge in [-0.25, -0.2) is 9.78 Å². The lowest BCUT2D eigenvalue weighted by Crippen LogP contribution is -2.27. The van der Waals surface area contributed by atoms with Gasteiger partial charge in [0.2, 0.25) is 0 Å². The number of aryl methyl sites for hydroxylation is 1. The summed E-state index contributed by atoms with van der Waals surface area (Å²) >= 11 is 11.8. The van der Waals surface area contributed by atoms with Gasteiger partial charge < -0.3 is 20.3 Å². The van der Waals surface area contributed by atoms with Crippen molar-refractivity contribution in [2.45, 2.75) is 6.92 Å². The summed E-state index contributed by atoms with van der Waals surface area (Å²) in [6.45, 7) is 3.31. The van der Waals surface area contributed by atoms with Crippen LogP contribution < -0.4 is 25.6 Å². The first kappa shape index (κ1) is 29.9. The summed E-state index contributed by atoms with van der Waals surface area (Å²) in [5.74, 6) is 1.16. The molecule has 0 aliphatic heterocycles.